The number of carbonyl (C=O) groups is 1. The van der Waals surface area contributed by atoms with Crippen LogP contribution in [0.1, 0.15) is 49.8 Å². The third-order valence-corrected chi connectivity index (χ3v) is 6.07. The third-order valence-electron chi connectivity index (χ3n) is 6.07. The molecule has 0 fully saturated rings. The van der Waals surface area contributed by atoms with E-state index in [2.05, 4.69) is 10.6 Å². The van der Waals surface area contributed by atoms with Gasteiger partial charge in [-0.05, 0) is 67.0 Å². The Balaban J connectivity index is 2.19. The van der Waals surface area contributed by atoms with Gasteiger partial charge in [0.2, 0.25) is 17.1 Å². The Morgan fingerprint density at radius 3 is 2.47 bits per heavy atom. The molecule has 0 aliphatic heterocycles. The lowest BCUT2D eigenvalue weighted by Gasteiger charge is -2.19. The summed E-state index contributed by atoms with van der Waals surface area (Å²) in [6.07, 6.45) is 3.73. The molecule has 0 saturated heterocycles. The molecule has 3 N–H and O–H groups in total. The van der Waals surface area contributed by atoms with Gasteiger partial charge in [0.1, 0.15) is 0 Å². The van der Waals surface area contributed by atoms with Crippen molar-refractivity contribution in [2.75, 3.05) is 39.8 Å². The fraction of sp³-hybridized carbons (Fsp3) is 0.462. The van der Waals surface area contributed by atoms with Crippen LogP contribution >= 0.6 is 0 Å². The van der Waals surface area contributed by atoms with Gasteiger partial charge in [0.15, 0.2) is 11.5 Å². The van der Waals surface area contributed by atoms with Gasteiger partial charge in [-0.15, -0.1) is 0 Å². The van der Waals surface area contributed by atoms with Gasteiger partial charge in [-0.2, -0.15) is 0 Å². The number of methoxy groups -OCH3 is 3. The van der Waals surface area contributed by atoms with Crippen LogP contribution in [0.5, 0.6) is 17.2 Å². The van der Waals surface area contributed by atoms with Crippen molar-refractivity contribution >= 4 is 11.6 Å². The first kappa shape index (κ1) is 25.4. The quantitative estimate of drug-likeness (QED) is 0.457. The summed E-state index contributed by atoms with van der Waals surface area (Å²) in [5.74, 6) is 1.40. The number of aliphatic hydroxyl groups excluding tert-OH is 1. The number of aliphatic hydroxyl groups is 1. The Kier molecular flexibility index (Phi) is 8.76. The molecular formula is C26H34N2O6. The number of anilines is 1. The molecule has 1 amide bonds. The van der Waals surface area contributed by atoms with Crippen molar-refractivity contribution in [3.8, 4) is 28.4 Å². The highest BCUT2D eigenvalue weighted by Gasteiger charge is 2.29. The first-order chi connectivity index (χ1) is 16.4. The number of amides is 1. The molecule has 184 valence electrons. The molecule has 2 aromatic rings. The van der Waals surface area contributed by atoms with Gasteiger partial charge >= 0.3 is 0 Å². The highest BCUT2D eigenvalue weighted by Crippen LogP contribution is 2.50. The van der Waals surface area contributed by atoms with Crippen molar-refractivity contribution in [1.82, 2.24) is 5.32 Å². The lowest BCUT2D eigenvalue weighted by atomic mass is 9.95. The van der Waals surface area contributed by atoms with Crippen LogP contribution in [0.25, 0.3) is 11.1 Å². The smallest absolute Gasteiger partial charge is 0.217 e. The minimum Gasteiger partial charge on any atom is -0.493 e. The monoisotopic (exact) mass is 470 g/mol. The number of carbonyl (C=O) groups excluding carboxylic acids is 1. The van der Waals surface area contributed by atoms with E-state index in [-0.39, 0.29) is 24.0 Å². The zero-order chi connectivity index (χ0) is 24.7. The lowest BCUT2D eigenvalue weighted by Crippen LogP contribution is -2.26. The second kappa shape index (κ2) is 11.7. The molecule has 2 aromatic carbocycles. The van der Waals surface area contributed by atoms with E-state index in [4.69, 9.17) is 19.3 Å². The summed E-state index contributed by atoms with van der Waals surface area (Å²) < 4.78 is 17.0. The van der Waals surface area contributed by atoms with Crippen LogP contribution < -0.4 is 30.3 Å². The summed E-state index contributed by atoms with van der Waals surface area (Å²) in [6, 6.07) is 6.89. The Labute approximate surface area is 200 Å². The summed E-state index contributed by atoms with van der Waals surface area (Å²) >= 11 is 0. The van der Waals surface area contributed by atoms with Crippen LogP contribution in [0, 0.1) is 0 Å². The van der Waals surface area contributed by atoms with Gasteiger partial charge < -0.3 is 30.0 Å². The zero-order valence-corrected chi connectivity index (χ0v) is 20.3. The number of fused-ring (bicyclic) bond motifs is 3. The molecule has 0 radical (unpaired) electrons. The van der Waals surface area contributed by atoms with Crippen molar-refractivity contribution in [2.45, 2.75) is 45.1 Å². The topological polar surface area (TPSA) is 106 Å². The SMILES string of the molecule is COc1cc2c(c(OC)c1OC)-c1ccc(NCCCCCO)c(=O)cc1[C@@H](NC(C)=O)CC2. The van der Waals surface area contributed by atoms with E-state index in [1.54, 1.807) is 33.5 Å². The summed E-state index contributed by atoms with van der Waals surface area (Å²) in [5, 5.41) is 15.2. The number of benzene rings is 1. The average Bonchev–Trinajstić information content (AvgIpc) is 3.06. The molecule has 1 aliphatic carbocycles. The van der Waals surface area contributed by atoms with Gasteiger partial charge in [0.25, 0.3) is 0 Å². The second-order valence-corrected chi connectivity index (χ2v) is 8.31. The van der Waals surface area contributed by atoms with Crippen LogP contribution in [0.3, 0.4) is 0 Å². The maximum atomic E-state index is 13.2. The number of nitrogens with one attached hydrogen (secondary N) is 2. The molecule has 0 aromatic heterocycles. The Morgan fingerprint density at radius 1 is 1.06 bits per heavy atom. The number of aryl methyl sites for hydroxylation is 1. The van der Waals surface area contributed by atoms with E-state index in [0.29, 0.717) is 42.3 Å². The second-order valence-electron chi connectivity index (χ2n) is 8.31. The highest BCUT2D eigenvalue weighted by atomic mass is 16.5. The molecule has 3 rings (SSSR count). The molecule has 0 saturated carbocycles. The van der Waals surface area contributed by atoms with Gasteiger partial charge in [-0.1, -0.05) is 6.07 Å². The van der Waals surface area contributed by atoms with Gasteiger partial charge in [0.05, 0.1) is 33.1 Å². The molecule has 0 heterocycles. The van der Waals surface area contributed by atoms with E-state index in [0.717, 1.165) is 41.5 Å². The number of ether oxygens (including phenoxy) is 3. The van der Waals surface area contributed by atoms with Crippen LogP contribution in [-0.2, 0) is 11.2 Å². The van der Waals surface area contributed by atoms with Crippen molar-refractivity contribution in [2.24, 2.45) is 0 Å². The number of unbranched alkanes of at least 4 members (excludes halogenated alkanes) is 2. The van der Waals surface area contributed by atoms with Crippen LogP contribution in [0.2, 0.25) is 0 Å². The van der Waals surface area contributed by atoms with Crippen LogP contribution in [0.15, 0.2) is 29.1 Å². The summed E-state index contributed by atoms with van der Waals surface area (Å²) in [6.45, 7) is 2.27. The maximum absolute atomic E-state index is 13.2. The molecule has 8 nitrogen and oxygen atoms in total. The third kappa shape index (κ3) is 5.44. The predicted molar refractivity (Wildman–Crippen MR) is 132 cm³/mol. The number of hydrogen-bond donors (Lipinski definition) is 3. The highest BCUT2D eigenvalue weighted by molar-refractivity contribution is 5.83. The Bertz CT molecular complexity index is 1090. The average molecular weight is 471 g/mol. The fourth-order valence-corrected chi connectivity index (χ4v) is 4.49. The largest absolute Gasteiger partial charge is 0.493 e. The van der Waals surface area contributed by atoms with Crippen molar-refractivity contribution in [3.05, 3.63) is 45.6 Å². The fourth-order valence-electron chi connectivity index (χ4n) is 4.49. The first-order valence-electron chi connectivity index (χ1n) is 11.6. The number of hydrogen-bond acceptors (Lipinski definition) is 7. The molecule has 0 spiro atoms. The summed E-state index contributed by atoms with van der Waals surface area (Å²) in [4.78, 5) is 25.2. The van der Waals surface area contributed by atoms with Gasteiger partial charge in [-0.3, -0.25) is 9.59 Å². The predicted octanol–water partition coefficient (Wildman–Crippen LogP) is 3.44. The van der Waals surface area contributed by atoms with Crippen LogP contribution in [-0.4, -0.2) is 45.5 Å². The summed E-state index contributed by atoms with van der Waals surface area (Å²) in [7, 11) is 4.72. The van der Waals surface area contributed by atoms with Crippen LogP contribution in [0.4, 0.5) is 5.69 Å². The minimum absolute atomic E-state index is 0.151. The molecular weight excluding hydrogens is 436 g/mol. The normalized spacial score (nSPS) is 14.3. The Morgan fingerprint density at radius 2 is 1.82 bits per heavy atom. The van der Waals surface area contributed by atoms with E-state index in [1.165, 1.54) is 6.92 Å². The maximum Gasteiger partial charge on any atom is 0.217 e. The summed E-state index contributed by atoms with van der Waals surface area (Å²) in [5.41, 5.74) is 3.68. The minimum atomic E-state index is -0.334. The van der Waals surface area contributed by atoms with Crippen molar-refractivity contribution in [1.29, 1.82) is 0 Å². The van der Waals surface area contributed by atoms with E-state index >= 15 is 0 Å². The lowest BCUT2D eigenvalue weighted by molar-refractivity contribution is -0.119. The van der Waals surface area contributed by atoms with Gasteiger partial charge in [0, 0.05) is 25.6 Å². The van der Waals surface area contributed by atoms with Crippen molar-refractivity contribution in [3.63, 3.8) is 0 Å². The molecule has 0 unspecified atom stereocenters. The van der Waals surface area contributed by atoms with Gasteiger partial charge in [-0.25, -0.2) is 0 Å². The standard InChI is InChI=1S/C26H34N2O6/c1-16(30)28-20-10-8-17-14-23(32-2)25(33-3)26(34-4)24(17)18-9-11-21(22(31)15-19(18)20)27-12-6-5-7-13-29/h9,11,14-15,20,29H,5-8,10,12-13H2,1-4H3,(H,27,31)(H,28,30)/t20-/m0/s1. The first-order valence-corrected chi connectivity index (χ1v) is 11.6. The zero-order valence-electron chi connectivity index (χ0n) is 20.3. The van der Waals surface area contributed by atoms with E-state index in [9.17, 15) is 9.59 Å². The molecule has 8 heteroatoms. The molecule has 1 aliphatic rings. The van der Waals surface area contributed by atoms with Crippen molar-refractivity contribution < 1.29 is 24.1 Å². The number of rotatable bonds is 10. The molecule has 1 atom stereocenters. The van der Waals surface area contributed by atoms with E-state index in [1.807, 2.05) is 12.1 Å². The Hall–Kier alpha value is -3.26. The molecule has 0 bridgehead atoms. The van der Waals surface area contributed by atoms with E-state index < -0.39 is 0 Å². The molecule has 34 heavy (non-hydrogen) atoms.